The average Bonchev–Trinajstić information content (AvgIpc) is 2.70. The standard InChI is InChI=1S/C19H16ClF3N2O3S/c20-14-3-1-2-13(12-14)4-7-17(26)24-8-10-25(11-9-24)29(27,28)16-6-5-15(21)18(22)19(16)23/h1-7,12H,8-11H2/b7-4+. The minimum atomic E-state index is -4.36. The molecule has 1 aliphatic heterocycles. The van der Waals surface area contributed by atoms with Crippen molar-refractivity contribution < 1.29 is 26.4 Å². The van der Waals surface area contributed by atoms with Crippen LogP contribution in [0, 0.1) is 17.5 Å². The number of rotatable bonds is 4. The normalized spacial score (nSPS) is 15.8. The quantitative estimate of drug-likeness (QED) is 0.537. The van der Waals surface area contributed by atoms with E-state index in [1.165, 1.54) is 11.0 Å². The van der Waals surface area contributed by atoms with Gasteiger partial charge in [-0.05, 0) is 35.9 Å². The molecular formula is C19H16ClF3N2O3S. The third kappa shape index (κ3) is 4.63. The number of benzene rings is 2. The van der Waals surface area contributed by atoms with E-state index in [1.807, 2.05) is 0 Å². The van der Waals surface area contributed by atoms with Gasteiger partial charge in [-0.25, -0.2) is 21.6 Å². The number of amides is 1. The summed E-state index contributed by atoms with van der Waals surface area (Å²) >= 11 is 5.89. The molecule has 5 nitrogen and oxygen atoms in total. The molecule has 1 fully saturated rings. The van der Waals surface area contributed by atoms with E-state index in [0.29, 0.717) is 17.2 Å². The van der Waals surface area contributed by atoms with E-state index in [0.717, 1.165) is 9.87 Å². The van der Waals surface area contributed by atoms with Gasteiger partial charge in [-0.2, -0.15) is 4.31 Å². The summed E-state index contributed by atoms with van der Waals surface area (Å²) in [5.41, 5.74) is 0.737. The Morgan fingerprint density at radius 2 is 1.69 bits per heavy atom. The average molecular weight is 445 g/mol. The van der Waals surface area contributed by atoms with Crippen LogP contribution in [0.4, 0.5) is 13.2 Å². The first-order valence-corrected chi connectivity index (χ1v) is 10.4. The van der Waals surface area contributed by atoms with Crippen molar-refractivity contribution in [2.75, 3.05) is 26.2 Å². The molecule has 0 aliphatic carbocycles. The van der Waals surface area contributed by atoms with Crippen molar-refractivity contribution in [3.05, 3.63) is 70.5 Å². The third-order valence-corrected chi connectivity index (χ3v) is 6.59. The zero-order valence-electron chi connectivity index (χ0n) is 15.0. The highest BCUT2D eigenvalue weighted by Crippen LogP contribution is 2.24. The molecule has 3 rings (SSSR count). The van der Waals surface area contributed by atoms with Crippen LogP contribution in [0.2, 0.25) is 5.02 Å². The maximum absolute atomic E-state index is 13.9. The predicted molar refractivity (Wildman–Crippen MR) is 102 cm³/mol. The van der Waals surface area contributed by atoms with Crippen LogP contribution < -0.4 is 0 Å². The number of carbonyl (C=O) groups excluding carboxylic acids is 1. The summed E-state index contributed by atoms with van der Waals surface area (Å²) in [6, 6.07) is 8.16. The van der Waals surface area contributed by atoms with Gasteiger partial charge < -0.3 is 4.90 Å². The van der Waals surface area contributed by atoms with Crippen molar-refractivity contribution in [2.24, 2.45) is 0 Å². The molecule has 1 amide bonds. The lowest BCUT2D eigenvalue weighted by molar-refractivity contribution is -0.127. The highest BCUT2D eigenvalue weighted by Gasteiger charge is 2.33. The van der Waals surface area contributed by atoms with Crippen LogP contribution in [0.3, 0.4) is 0 Å². The maximum Gasteiger partial charge on any atom is 0.246 e. The first-order chi connectivity index (χ1) is 13.7. The first kappa shape index (κ1) is 21.4. The van der Waals surface area contributed by atoms with Crippen molar-refractivity contribution in [2.45, 2.75) is 4.90 Å². The fourth-order valence-electron chi connectivity index (χ4n) is 2.88. The van der Waals surface area contributed by atoms with E-state index in [-0.39, 0.29) is 32.1 Å². The van der Waals surface area contributed by atoms with Gasteiger partial charge in [0.05, 0.1) is 0 Å². The van der Waals surface area contributed by atoms with E-state index in [2.05, 4.69) is 0 Å². The summed E-state index contributed by atoms with van der Waals surface area (Å²) in [6.07, 6.45) is 2.94. The van der Waals surface area contributed by atoms with Gasteiger partial charge in [0.25, 0.3) is 0 Å². The molecule has 0 spiro atoms. The van der Waals surface area contributed by atoms with Crippen molar-refractivity contribution in [3.8, 4) is 0 Å². The Labute approximate surface area is 171 Å². The Hall–Kier alpha value is -2.36. The van der Waals surface area contributed by atoms with Crippen molar-refractivity contribution in [1.29, 1.82) is 0 Å². The molecule has 1 aliphatic rings. The number of hydrogen-bond donors (Lipinski definition) is 0. The molecule has 29 heavy (non-hydrogen) atoms. The van der Waals surface area contributed by atoms with Crippen LogP contribution in [0.25, 0.3) is 6.08 Å². The highest BCUT2D eigenvalue weighted by molar-refractivity contribution is 7.89. The van der Waals surface area contributed by atoms with Crippen molar-refractivity contribution in [1.82, 2.24) is 9.21 Å². The number of sulfonamides is 1. The Bertz CT molecular complexity index is 1070. The number of hydrogen-bond acceptors (Lipinski definition) is 3. The van der Waals surface area contributed by atoms with Gasteiger partial charge in [-0.1, -0.05) is 23.7 Å². The molecule has 10 heteroatoms. The van der Waals surface area contributed by atoms with Crippen molar-refractivity contribution in [3.63, 3.8) is 0 Å². The SMILES string of the molecule is O=C(/C=C/c1cccc(Cl)c1)N1CCN(S(=O)(=O)c2ccc(F)c(F)c2F)CC1. The number of carbonyl (C=O) groups is 1. The molecule has 2 aromatic carbocycles. The van der Waals surface area contributed by atoms with Crippen LogP contribution in [0.1, 0.15) is 5.56 Å². The predicted octanol–water partition coefficient (Wildman–Crippen LogP) is 3.30. The summed E-state index contributed by atoms with van der Waals surface area (Å²) in [5, 5.41) is 0.530. The Morgan fingerprint density at radius 3 is 2.34 bits per heavy atom. The van der Waals surface area contributed by atoms with Crippen molar-refractivity contribution >= 4 is 33.6 Å². The van der Waals surface area contributed by atoms with Crippen LogP contribution in [-0.4, -0.2) is 49.7 Å². The van der Waals surface area contributed by atoms with Crippen LogP contribution in [-0.2, 0) is 14.8 Å². The first-order valence-electron chi connectivity index (χ1n) is 8.56. The van der Waals surface area contributed by atoms with Gasteiger partial charge in [-0.3, -0.25) is 4.79 Å². The molecule has 1 heterocycles. The molecule has 0 aromatic heterocycles. The van der Waals surface area contributed by atoms with Gasteiger partial charge in [0.2, 0.25) is 15.9 Å². The smallest absolute Gasteiger partial charge is 0.246 e. The zero-order chi connectivity index (χ0) is 21.2. The summed E-state index contributed by atoms with van der Waals surface area (Å²) in [7, 11) is -4.36. The number of piperazine rings is 1. The fraction of sp³-hybridized carbons (Fsp3) is 0.211. The van der Waals surface area contributed by atoms with Gasteiger partial charge in [0.15, 0.2) is 17.5 Å². The Kier molecular flexibility index (Phi) is 6.30. The highest BCUT2D eigenvalue weighted by atomic mass is 35.5. The maximum atomic E-state index is 13.9. The second-order valence-corrected chi connectivity index (χ2v) is 8.63. The second-order valence-electron chi connectivity index (χ2n) is 6.29. The second kappa shape index (κ2) is 8.56. The molecule has 0 N–H and O–H groups in total. The zero-order valence-corrected chi connectivity index (χ0v) is 16.6. The van der Waals surface area contributed by atoms with Gasteiger partial charge in [-0.15, -0.1) is 0 Å². The molecule has 2 aromatic rings. The molecule has 1 saturated heterocycles. The largest absolute Gasteiger partial charge is 0.337 e. The van der Waals surface area contributed by atoms with Gasteiger partial charge in [0, 0.05) is 37.3 Å². The third-order valence-electron chi connectivity index (χ3n) is 4.43. The fourth-order valence-corrected chi connectivity index (χ4v) is 4.56. The number of halogens is 4. The molecule has 0 unspecified atom stereocenters. The van der Waals surface area contributed by atoms with E-state index < -0.39 is 32.4 Å². The minimum Gasteiger partial charge on any atom is -0.337 e. The molecule has 0 radical (unpaired) electrons. The van der Waals surface area contributed by atoms with E-state index in [9.17, 15) is 26.4 Å². The van der Waals surface area contributed by atoms with E-state index in [4.69, 9.17) is 11.6 Å². The van der Waals surface area contributed by atoms with Crippen LogP contribution in [0.5, 0.6) is 0 Å². The molecule has 0 saturated carbocycles. The lowest BCUT2D eigenvalue weighted by Gasteiger charge is -2.33. The molecular weight excluding hydrogens is 429 g/mol. The van der Waals surface area contributed by atoms with Gasteiger partial charge in [0.1, 0.15) is 4.90 Å². The Balaban J connectivity index is 1.67. The molecule has 154 valence electrons. The monoisotopic (exact) mass is 444 g/mol. The summed E-state index contributed by atoms with van der Waals surface area (Å²) in [4.78, 5) is 12.8. The Morgan fingerprint density at radius 1 is 1.00 bits per heavy atom. The lowest BCUT2D eigenvalue weighted by Crippen LogP contribution is -2.50. The summed E-state index contributed by atoms with van der Waals surface area (Å²) < 4.78 is 66.4. The summed E-state index contributed by atoms with van der Waals surface area (Å²) in [5.74, 6) is -5.39. The topological polar surface area (TPSA) is 57.7 Å². The molecule has 0 bridgehead atoms. The summed E-state index contributed by atoms with van der Waals surface area (Å²) in [6.45, 7) is -0.0540. The van der Waals surface area contributed by atoms with E-state index >= 15 is 0 Å². The minimum absolute atomic E-state index is 0.0727. The lowest BCUT2D eigenvalue weighted by atomic mass is 10.2. The number of nitrogens with zero attached hydrogens (tertiary/aromatic N) is 2. The van der Waals surface area contributed by atoms with Crippen LogP contribution in [0.15, 0.2) is 47.4 Å². The van der Waals surface area contributed by atoms with Crippen LogP contribution >= 0.6 is 11.6 Å². The molecule has 0 atom stereocenters. The van der Waals surface area contributed by atoms with Gasteiger partial charge >= 0.3 is 0 Å². The van der Waals surface area contributed by atoms with E-state index in [1.54, 1.807) is 30.3 Å².